The Morgan fingerprint density at radius 1 is 1.65 bits per heavy atom. The molecule has 0 unspecified atom stereocenters. The van der Waals surface area contributed by atoms with Gasteiger partial charge in [0, 0.05) is 18.3 Å². The van der Waals surface area contributed by atoms with Crippen LogP contribution in [-0.4, -0.2) is 29.2 Å². The van der Waals surface area contributed by atoms with E-state index in [0.717, 1.165) is 17.8 Å². The van der Waals surface area contributed by atoms with Crippen LogP contribution >= 0.6 is 11.3 Å². The molecular formula is C11H13N3O2S. The molecule has 2 N–H and O–H groups in total. The molecule has 2 rings (SSSR count). The van der Waals surface area contributed by atoms with E-state index in [1.807, 2.05) is 16.0 Å². The molecule has 0 aliphatic heterocycles. The Balaban J connectivity index is 2.42. The number of aromatic nitrogens is 2. The number of nitrogens with zero attached hydrogens (tertiary/aromatic N) is 2. The van der Waals surface area contributed by atoms with Crippen LogP contribution in [0.3, 0.4) is 0 Å². The Bertz CT molecular complexity index is 518. The van der Waals surface area contributed by atoms with Crippen LogP contribution in [0.25, 0.3) is 5.69 Å². The number of rotatable bonds is 4. The van der Waals surface area contributed by atoms with E-state index in [0.29, 0.717) is 11.4 Å². The van der Waals surface area contributed by atoms with Crippen LogP contribution in [-0.2, 0) is 11.2 Å². The predicted octanol–water partition coefficient (Wildman–Crippen LogP) is 1.22. The number of methoxy groups -OCH3 is 1. The molecule has 0 spiro atoms. The molecule has 0 aliphatic rings. The van der Waals surface area contributed by atoms with E-state index in [1.165, 1.54) is 18.4 Å². The van der Waals surface area contributed by atoms with Crippen LogP contribution in [0.5, 0.6) is 0 Å². The first-order valence-electron chi connectivity index (χ1n) is 5.15. The van der Waals surface area contributed by atoms with Crippen molar-refractivity contribution in [3.63, 3.8) is 0 Å². The summed E-state index contributed by atoms with van der Waals surface area (Å²) in [5, 5.41) is 1.85. The summed E-state index contributed by atoms with van der Waals surface area (Å²) in [5.74, 6) is -0.331. The fourth-order valence-corrected chi connectivity index (χ4v) is 2.41. The van der Waals surface area contributed by atoms with Gasteiger partial charge in [-0.3, -0.25) is 0 Å². The number of imidazole rings is 1. The zero-order valence-electron chi connectivity index (χ0n) is 9.42. The molecule has 0 aromatic carbocycles. The first-order valence-corrected chi connectivity index (χ1v) is 6.03. The van der Waals surface area contributed by atoms with Crippen LogP contribution in [0.1, 0.15) is 15.4 Å². The number of hydrogen-bond acceptors (Lipinski definition) is 5. The minimum Gasteiger partial charge on any atom is -0.465 e. The van der Waals surface area contributed by atoms with Gasteiger partial charge >= 0.3 is 5.97 Å². The summed E-state index contributed by atoms with van der Waals surface area (Å²) in [7, 11) is 1.38. The third kappa shape index (κ3) is 2.22. The van der Waals surface area contributed by atoms with E-state index in [1.54, 1.807) is 12.5 Å². The zero-order chi connectivity index (χ0) is 12.3. The maximum Gasteiger partial charge on any atom is 0.350 e. The first-order chi connectivity index (χ1) is 8.27. The summed E-state index contributed by atoms with van der Waals surface area (Å²) in [4.78, 5) is 16.2. The van der Waals surface area contributed by atoms with Gasteiger partial charge in [-0.05, 0) is 18.0 Å². The number of esters is 1. The van der Waals surface area contributed by atoms with Gasteiger partial charge in [0.15, 0.2) is 0 Å². The second-order valence-electron chi connectivity index (χ2n) is 3.42. The van der Waals surface area contributed by atoms with Crippen molar-refractivity contribution in [3.8, 4) is 5.69 Å². The van der Waals surface area contributed by atoms with Crippen LogP contribution in [0.15, 0.2) is 24.0 Å². The predicted molar refractivity (Wildman–Crippen MR) is 65.5 cm³/mol. The normalized spacial score (nSPS) is 10.5. The van der Waals surface area contributed by atoms with Gasteiger partial charge in [0.05, 0.1) is 19.1 Å². The average molecular weight is 251 g/mol. The van der Waals surface area contributed by atoms with E-state index in [-0.39, 0.29) is 5.97 Å². The Morgan fingerprint density at radius 3 is 3.18 bits per heavy atom. The second-order valence-corrected chi connectivity index (χ2v) is 4.34. The van der Waals surface area contributed by atoms with Crippen molar-refractivity contribution in [2.75, 3.05) is 13.7 Å². The molecule has 2 aromatic rings. The SMILES string of the molecule is COC(=O)c1sccc1-n1cncc1CCN. The summed E-state index contributed by atoms with van der Waals surface area (Å²) >= 11 is 1.35. The van der Waals surface area contributed by atoms with Gasteiger partial charge in [-0.25, -0.2) is 9.78 Å². The molecule has 0 bridgehead atoms. The summed E-state index contributed by atoms with van der Waals surface area (Å²) < 4.78 is 6.62. The lowest BCUT2D eigenvalue weighted by molar-refractivity contribution is 0.0606. The molecule has 5 nitrogen and oxygen atoms in total. The highest BCUT2D eigenvalue weighted by Gasteiger charge is 2.16. The molecule has 90 valence electrons. The highest BCUT2D eigenvalue weighted by molar-refractivity contribution is 7.12. The molecule has 0 radical (unpaired) electrons. The number of carbonyl (C=O) groups is 1. The molecule has 0 aliphatic carbocycles. The van der Waals surface area contributed by atoms with E-state index >= 15 is 0 Å². The molecule has 0 saturated heterocycles. The number of thiophene rings is 1. The van der Waals surface area contributed by atoms with Crippen molar-refractivity contribution in [1.29, 1.82) is 0 Å². The number of carbonyl (C=O) groups excluding carboxylic acids is 1. The average Bonchev–Trinajstić information content (AvgIpc) is 2.95. The van der Waals surface area contributed by atoms with Gasteiger partial charge in [0.1, 0.15) is 4.88 Å². The molecule has 2 aromatic heterocycles. The first kappa shape index (κ1) is 11.8. The maximum absolute atomic E-state index is 11.6. The van der Waals surface area contributed by atoms with Crippen molar-refractivity contribution >= 4 is 17.3 Å². The summed E-state index contributed by atoms with van der Waals surface area (Å²) in [6.45, 7) is 0.545. The topological polar surface area (TPSA) is 70.1 Å². The third-order valence-corrected chi connectivity index (χ3v) is 3.27. The van der Waals surface area contributed by atoms with Crippen molar-refractivity contribution < 1.29 is 9.53 Å². The van der Waals surface area contributed by atoms with Crippen molar-refractivity contribution in [2.45, 2.75) is 6.42 Å². The van der Waals surface area contributed by atoms with Gasteiger partial charge in [0.25, 0.3) is 0 Å². The molecule has 0 atom stereocenters. The third-order valence-electron chi connectivity index (χ3n) is 2.39. The Kier molecular flexibility index (Phi) is 3.55. The van der Waals surface area contributed by atoms with Crippen LogP contribution in [0.2, 0.25) is 0 Å². The smallest absolute Gasteiger partial charge is 0.350 e. The lowest BCUT2D eigenvalue weighted by Crippen LogP contribution is -2.09. The monoisotopic (exact) mass is 251 g/mol. The van der Waals surface area contributed by atoms with Crippen molar-refractivity contribution in [3.05, 3.63) is 34.5 Å². The van der Waals surface area contributed by atoms with Crippen molar-refractivity contribution in [2.24, 2.45) is 5.73 Å². The molecule has 2 heterocycles. The van der Waals surface area contributed by atoms with Gasteiger partial charge in [-0.2, -0.15) is 0 Å². The van der Waals surface area contributed by atoms with Gasteiger partial charge in [-0.15, -0.1) is 11.3 Å². The molecule has 17 heavy (non-hydrogen) atoms. The number of ether oxygens (including phenoxy) is 1. The second kappa shape index (κ2) is 5.11. The van der Waals surface area contributed by atoms with Crippen LogP contribution < -0.4 is 5.73 Å². The summed E-state index contributed by atoms with van der Waals surface area (Å²) in [6, 6.07) is 1.87. The van der Waals surface area contributed by atoms with Gasteiger partial charge < -0.3 is 15.0 Å². The van der Waals surface area contributed by atoms with E-state index in [2.05, 4.69) is 4.98 Å². The standard InChI is InChI=1S/C11H13N3O2S/c1-16-11(15)10-9(3-5-17-10)14-7-13-6-8(14)2-4-12/h3,5-7H,2,4,12H2,1H3. The molecule has 0 saturated carbocycles. The largest absolute Gasteiger partial charge is 0.465 e. The van der Waals surface area contributed by atoms with E-state index in [4.69, 9.17) is 10.5 Å². The van der Waals surface area contributed by atoms with E-state index < -0.39 is 0 Å². The fourth-order valence-electron chi connectivity index (χ4n) is 1.61. The lowest BCUT2D eigenvalue weighted by Gasteiger charge is -2.07. The Morgan fingerprint density at radius 2 is 2.47 bits per heavy atom. The highest BCUT2D eigenvalue weighted by Crippen LogP contribution is 2.23. The molecule has 6 heteroatoms. The van der Waals surface area contributed by atoms with Crippen LogP contribution in [0.4, 0.5) is 0 Å². The lowest BCUT2D eigenvalue weighted by atomic mass is 10.3. The van der Waals surface area contributed by atoms with Gasteiger partial charge in [-0.1, -0.05) is 0 Å². The minimum absolute atomic E-state index is 0.331. The number of hydrogen-bond donors (Lipinski definition) is 1. The van der Waals surface area contributed by atoms with Gasteiger partial charge in [0.2, 0.25) is 0 Å². The minimum atomic E-state index is -0.331. The summed E-state index contributed by atoms with van der Waals surface area (Å²) in [5.41, 5.74) is 7.31. The van der Waals surface area contributed by atoms with Crippen molar-refractivity contribution in [1.82, 2.24) is 9.55 Å². The fraction of sp³-hybridized carbons (Fsp3) is 0.273. The summed E-state index contributed by atoms with van der Waals surface area (Å²) in [6.07, 6.45) is 4.15. The Hall–Kier alpha value is -1.66. The van der Waals surface area contributed by atoms with Crippen LogP contribution in [0, 0.1) is 0 Å². The maximum atomic E-state index is 11.6. The quantitative estimate of drug-likeness (QED) is 0.829. The molecule has 0 fully saturated rings. The van der Waals surface area contributed by atoms with E-state index in [9.17, 15) is 4.79 Å². The molecule has 0 amide bonds. The number of nitrogens with two attached hydrogens (primary N) is 1. The Labute approximate surface area is 103 Å². The molecular weight excluding hydrogens is 238 g/mol. The zero-order valence-corrected chi connectivity index (χ0v) is 10.2. The highest BCUT2D eigenvalue weighted by atomic mass is 32.1.